The lowest BCUT2D eigenvalue weighted by molar-refractivity contribution is -0.141. The molecule has 1 aliphatic rings. The minimum absolute atomic E-state index is 0.00411. The second-order valence-corrected chi connectivity index (χ2v) is 17.9. The van der Waals surface area contributed by atoms with Gasteiger partial charge in [-0.05, 0) is 79.9 Å². The van der Waals surface area contributed by atoms with Gasteiger partial charge in [-0.1, -0.05) is 16.5 Å². The zero-order chi connectivity index (χ0) is 59.1. The Morgan fingerprint density at radius 2 is 1.04 bits per heavy atom. The standard InChI is InChI=1S/C52H48N16O14/c53-35(21-65(55)27-3-7-31(49(75)76)43(69)17-27)37-13-25(14-38(59-37)36(54)22-66(56)28-4-8-32(50(77)78)44(70)18-28)47(73)57-11-1-2-12-58-48(74)26-15-39(41-23-67(63-61-41)29-5-9-33(51(79)80)45(71)19-29)60-40(16-26)42-24-68(64-62-42)30-6-10-34(52(81)82)46(72)20-30/h3-9,13-24,34,69-72H,1-2,10-12,53-56H2,(H,57,73)(H,58,74)(H,75,76)(H,77,78)(H,79,80)(H,81,82)/b35-21-,36-22-. The van der Waals surface area contributed by atoms with Crippen molar-refractivity contribution in [2.24, 2.45) is 29.1 Å². The number of carboxylic acids is 4. The number of unbranched alkanes of at least 4 members (excludes halogenated alkanes) is 1. The Labute approximate surface area is 461 Å². The summed E-state index contributed by atoms with van der Waals surface area (Å²) in [6.07, 6.45) is 8.70. The van der Waals surface area contributed by atoms with Crippen molar-refractivity contribution >= 4 is 64.2 Å². The lowest BCUT2D eigenvalue weighted by atomic mass is 9.97. The minimum atomic E-state index is -1.38. The molecule has 4 aromatic heterocycles. The van der Waals surface area contributed by atoms with Gasteiger partial charge < -0.3 is 63.0 Å². The first kappa shape index (κ1) is 56.5. The van der Waals surface area contributed by atoms with Gasteiger partial charge in [0.1, 0.15) is 57.0 Å². The van der Waals surface area contributed by atoms with Crippen LogP contribution in [0.2, 0.25) is 0 Å². The van der Waals surface area contributed by atoms with Crippen LogP contribution in [0.25, 0.3) is 45.6 Å². The number of amides is 2. The van der Waals surface area contributed by atoms with Crippen LogP contribution >= 0.6 is 0 Å². The van der Waals surface area contributed by atoms with Crippen molar-refractivity contribution in [3.05, 3.63) is 161 Å². The average Bonchev–Trinajstić information content (AvgIpc) is 4.22. The largest absolute Gasteiger partial charge is 0.511 e. The second kappa shape index (κ2) is 23.9. The molecule has 0 saturated carbocycles. The summed E-state index contributed by atoms with van der Waals surface area (Å²) < 4.78 is 2.54. The number of hydrogen-bond donors (Lipinski definition) is 14. The lowest BCUT2D eigenvalue weighted by Gasteiger charge is -2.18. The van der Waals surface area contributed by atoms with Gasteiger partial charge in [0.2, 0.25) is 0 Å². The van der Waals surface area contributed by atoms with Crippen molar-refractivity contribution in [1.29, 1.82) is 0 Å². The predicted molar refractivity (Wildman–Crippen MR) is 289 cm³/mol. The first-order chi connectivity index (χ1) is 39.0. The first-order valence-electron chi connectivity index (χ1n) is 24.1. The molecule has 1 aliphatic carbocycles. The summed E-state index contributed by atoms with van der Waals surface area (Å²) in [4.78, 5) is 82.7. The van der Waals surface area contributed by atoms with Gasteiger partial charge in [-0.15, -0.1) is 10.2 Å². The molecule has 30 heteroatoms. The number of hydrogen-bond acceptors (Lipinski definition) is 22. The summed E-state index contributed by atoms with van der Waals surface area (Å²) >= 11 is 0. The number of nitrogens with two attached hydrogens (primary N) is 4. The van der Waals surface area contributed by atoms with Gasteiger partial charge in [-0.3, -0.25) is 24.4 Å². The van der Waals surface area contributed by atoms with Crippen molar-refractivity contribution in [3.8, 4) is 45.7 Å². The third-order valence-corrected chi connectivity index (χ3v) is 12.3. The van der Waals surface area contributed by atoms with Gasteiger partial charge in [-0.2, -0.15) is 0 Å². The number of aliphatic hydroxyl groups is 1. The summed E-state index contributed by atoms with van der Waals surface area (Å²) in [7, 11) is 0. The van der Waals surface area contributed by atoms with E-state index in [2.05, 4.69) is 41.2 Å². The van der Waals surface area contributed by atoms with Gasteiger partial charge in [0.25, 0.3) is 11.8 Å². The molecule has 0 bridgehead atoms. The van der Waals surface area contributed by atoms with Crippen LogP contribution in [0, 0.1) is 5.92 Å². The van der Waals surface area contributed by atoms with Crippen LogP contribution < -0.4 is 43.8 Å². The monoisotopic (exact) mass is 1120 g/mol. The number of carbonyl (C=O) groups excluding carboxylic acids is 2. The molecule has 1 atom stereocenters. The minimum Gasteiger partial charge on any atom is -0.511 e. The molecule has 7 aromatic rings. The number of aromatic carboxylic acids is 3. The van der Waals surface area contributed by atoms with Gasteiger partial charge >= 0.3 is 23.9 Å². The number of anilines is 2. The maximum atomic E-state index is 13.9. The van der Waals surface area contributed by atoms with E-state index in [-0.39, 0.29) is 116 Å². The number of aromatic hydroxyl groups is 3. The number of aliphatic carboxylic acids is 1. The summed E-state index contributed by atoms with van der Waals surface area (Å²) in [6, 6.07) is 16.3. The van der Waals surface area contributed by atoms with Crippen LogP contribution in [0.4, 0.5) is 11.4 Å². The molecular weight excluding hydrogens is 1070 g/mol. The van der Waals surface area contributed by atoms with E-state index < -0.39 is 58.9 Å². The number of aliphatic hydroxyl groups excluding tert-OH is 1. The molecule has 2 amide bonds. The van der Waals surface area contributed by atoms with Crippen LogP contribution in [0.15, 0.2) is 122 Å². The maximum absolute atomic E-state index is 13.9. The van der Waals surface area contributed by atoms with Crippen molar-refractivity contribution < 1.29 is 69.6 Å². The number of pyridine rings is 2. The smallest absolute Gasteiger partial charge is 0.339 e. The van der Waals surface area contributed by atoms with E-state index in [1.807, 2.05) is 0 Å². The second-order valence-electron chi connectivity index (χ2n) is 17.9. The van der Waals surface area contributed by atoms with E-state index in [9.17, 15) is 69.6 Å². The Morgan fingerprint density at radius 3 is 1.49 bits per heavy atom. The fourth-order valence-corrected chi connectivity index (χ4v) is 7.96. The van der Waals surface area contributed by atoms with E-state index in [1.54, 1.807) is 6.08 Å². The van der Waals surface area contributed by atoms with Crippen molar-refractivity contribution in [2.45, 2.75) is 19.3 Å². The molecule has 82 heavy (non-hydrogen) atoms. The number of carboxylic acid groups (broad SMARTS) is 4. The van der Waals surface area contributed by atoms with Crippen LogP contribution in [0.1, 0.15) is 82.4 Å². The number of carbonyl (C=O) groups is 6. The number of nitrogens with one attached hydrogen (secondary N) is 2. The molecule has 0 aliphatic heterocycles. The van der Waals surface area contributed by atoms with Crippen LogP contribution in [0.3, 0.4) is 0 Å². The third-order valence-electron chi connectivity index (χ3n) is 12.3. The number of phenols is 3. The van der Waals surface area contributed by atoms with Gasteiger partial charge in [0.15, 0.2) is 0 Å². The highest BCUT2D eigenvalue weighted by Crippen LogP contribution is 2.30. The van der Waals surface area contributed by atoms with E-state index in [0.29, 0.717) is 18.5 Å². The van der Waals surface area contributed by atoms with Crippen LogP contribution in [-0.4, -0.2) is 130 Å². The molecule has 30 nitrogen and oxygen atoms in total. The predicted octanol–water partition coefficient (Wildman–Crippen LogP) is 2.80. The highest BCUT2D eigenvalue weighted by Gasteiger charge is 2.26. The van der Waals surface area contributed by atoms with E-state index in [4.69, 9.17) is 23.2 Å². The Hall–Kier alpha value is -11.7. The fraction of sp³-hybridized carbons (Fsp3) is 0.115. The lowest BCUT2D eigenvalue weighted by Crippen LogP contribution is -2.28. The third kappa shape index (κ3) is 12.8. The molecule has 18 N–H and O–H groups in total. The molecule has 3 aromatic carbocycles. The van der Waals surface area contributed by atoms with E-state index in [0.717, 1.165) is 34.3 Å². The topological polar surface area (TPSA) is 486 Å². The van der Waals surface area contributed by atoms with Crippen molar-refractivity contribution in [3.63, 3.8) is 0 Å². The number of allylic oxidation sites excluding steroid dienone is 3. The quantitative estimate of drug-likeness (QED) is 0.0279. The number of benzene rings is 3. The van der Waals surface area contributed by atoms with Gasteiger partial charge in [-0.25, -0.2) is 45.4 Å². The molecule has 420 valence electrons. The van der Waals surface area contributed by atoms with E-state index >= 15 is 0 Å². The normalized spacial score (nSPS) is 13.4. The highest BCUT2D eigenvalue weighted by molar-refractivity contribution is 5.97. The first-order valence-corrected chi connectivity index (χ1v) is 24.1. The molecule has 0 fully saturated rings. The maximum Gasteiger partial charge on any atom is 0.339 e. The Bertz CT molecular complexity index is 3750. The number of rotatable bonds is 21. The Kier molecular flexibility index (Phi) is 16.5. The summed E-state index contributed by atoms with van der Waals surface area (Å²) in [6.45, 7) is 0.194. The molecule has 4 heterocycles. The van der Waals surface area contributed by atoms with Crippen molar-refractivity contribution in [2.75, 3.05) is 23.1 Å². The van der Waals surface area contributed by atoms with Gasteiger partial charge in [0.05, 0.1) is 69.3 Å². The average molecular weight is 1120 g/mol. The summed E-state index contributed by atoms with van der Waals surface area (Å²) in [5, 5.41) is 103. The SMILES string of the molecule is N/C(=C\N(N)c1ccc(C(=O)O)c(O)c1)c1cc(C(=O)NCCCCNC(=O)c2cc(-c3cn(C4=CCC(C(=O)O)C(O)=C4)nn3)nc(-c3cn(-c4ccc(C(=O)O)c(O)c4)nn3)c2)cc(/C(N)=C/N(N)c2ccc(C(=O)O)c(O)c2)n1. The zero-order valence-electron chi connectivity index (χ0n) is 42.4. The highest BCUT2D eigenvalue weighted by atomic mass is 16.4. The van der Waals surface area contributed by atoms with Crippen molar-refractivity contribution in [1.82, 2.24) is 50.6 Å². The Morgan fingerprint density at radius 1 is 0.585 bits per heavy atom. The molecule has 0 radical (unpaired) electrons. The number of hydrazine groups is 2. The summed E-state index contributed by atoms with van der Waals surface area (Å²) in [5.41, 5.74) is 12.9. The summed E-state index contributed by atoms with van der Waals surface area (Å²) in [5.74, 6) is 2.72. The molecular formula is C52H48N16O14. The van der Waals surface area contributed by atoms with Crippen LogP contribution in [0.5, 0.6) is 17.2 Å². The number of nitrogens with zero attached hydrogens (tertiary/aromatic N) is 10. The fourth-order valence-electron chi connectivity index (χ4n) is 7.96. The van der Waals surface area contributed by atoms with Crippen LogP contribution in [-0.2, 0) is 4.79 Å². The Balaban J connectivity index is 0.982. The van der Waals surface area contributed by atoms with E-state index in [1.165, 1.54) is 94.8 Å². The molecule has 0 saturated heterocycles. The van der Waals surface area contributed by atoms with Gasteiger partial charge in [0, 0.05) is 60.9 Å². The molecule has 0 spiro atoms. The zero-order valence-corrected chi connectivity index (χ0v) is 42.4. The molecule has 8 rings (SSSR count). The molecule has 1 unspecified atom stereocenters. The number of aromatic nitrogens is 8.